The van der Waals surface area contributed by atoms with Crippen molar-refractivity contribution >= 4 is 15.9 Å². The molecule has 1 aliphatic heterocycles. The van der Waals surface area contributed by atoms with Crippen molar-refractivity contribution in [3.8, 4) is 5.75 Å². The molecule has 0 bridgehead atoms. The highest BCUT2D eigenvalue weighted by atomic mass is 32.2. The summed E-state index contributed by atoms with van der Waals surface area (Å²) >= 11 is 0. The smallest absolute Gasteiger partial charge is 0.406 e. The fourth-order valence-electron chi connectivity index (χ4n) is 1.96. The quantitative estimate of drug-likeness (QED) is 0.862. The van der Waals surface area contributed by atoms with E-state index in [-0.39, 0.29) is 4.90 Å². The molecule has 6 nitrogen and oxygen atoms in total. The topological polar surface area (TPSA) is 84.5 Å². The maximum atomic E-state index is 12.1. The summed E-state index contributed by atoms with van der Waals surface area (Å²) in [4.78, 5) is 11.3. The molecule has 0 radical (unpaired) electrons. The van der Waals surface area contributed by atoms with Gasteiger partial charge in [0.25, 0.3) is 0 Å². The molecule has 1 saturated heterocycles. The van der Waals surface area contributed by atoms with E-state index in [1.165, 1.54) is 0 Å². The summed E-state index contributed by atoms with van der Waals surface area (Å²) < 4.78 is 66.2. The standard InChI is InChI=1S/C12H13F3N2O4S/c13-12(14,15)21-8-3-5-9(6-4-8)22(19,20)17-10-2-1-7-16-11(10)18/h3-6,10,17H,1-2,7H2,(H,16,18). The Bertz CT molecular complexity index is 643. The number of piperidine rings is 1. The highest BCUT2D eigenvalue weighted by Gasteiger charge is 2.31. The lowest BCUT2D eigenvalue weighted by molar-refractivity contribution is -0.274. The third-order valence-electron chi connectivity index (χ3n) is 2.95. The number of amides is 1. The first-order valence-corrected chi connectivity index (χ1v) is 7.81. The lowest BCUT2D eigenvalue weighted by atomic mass is 10.1. The molecule has 1 atom stereocenters. The van der Waals surface area contributed by atoms with Crippen molar-refractivity contribution in [2.24, 2.45) is 0 Å². The maximum absolute atomic E-state index is 12.1. The van der Waals surface area contributed by atoms with E-state index >= 15 is 0 Å². The van der Waals surface area contributed by atoms with E-state index < -0.39 is 34.1 Å². The molecule has 0 aliphatic carbocycles. The molecule has 1 aromatic carbocycles. The first-order valence-electron chi connectivity index (χ1n) is 6.33. The summed E-state index contributed by atoms with van der Waals surface area (Å²) in [5.41, 5.74) is 0. The van der Waals surface area contributed by atoms with E-state index in [4.69, 9.17) is 0 Å². The molecule has 10 heteroatoms. The van der Waals surface area contributed by atoms with Crippen LogP contribution in [0.5, 0.6) is 5.75 Å². The molecule has 2 rings (SSSR count). The summed E-state index contributed by atoms with van der Waals surface area (Å²) in [5, 5.41) is 2.53. The van der Waals surface area contributed by atoms with Crippen LogP contribution in [-0.4, -0.2) is 33.3 Å². The molecule has 2 N–H and O–H groups in total. The average Bonchev–Trinajstić information content (AvgIpc) is 2.40. The maximum Gasteiger partial charge on any atom is 0.573 e. The normalized spacial score (nSPS) is 19.6. The van der Waals surface area contributed by atoms with Gasteiger partial charge in [-0.3, -0.25) is 4.79 Å². The van der Waals surface area contributed by atoms with E-state index in [0.717, 1.165) is 24.3 Å². The lowest BCUT2D eigenvalue weighted by Gasteiger charge is -2.22. The van der Waals surface area contributed by atoms with Crippen LogP contribution in [0.1, 0.15) is 12.8 Å². The first-order chi connectivity index (χ1) is 10.2. The minimum absolute atomic E-state index is 0.250. The summed E-state index contributed by atoms with van der Waals surface area (Å²) in [6.07, 6.45) is -3.85. The van der Waals surface area contributed by atoms with Crippen molar-refractivity contribution in [3.05, 3.63) is 24.3 Å². The number of rotatable bonds is 4. The van der Waals surface area contributed by atoms with Crippen molar-refractivity contribution in [1.29, 1.82) is 0 Å². The zero-order chi connectivity index (χ0) is 16.4. The van der Waals surface area contributed by atoms with Gasteiger partial charge in [0.2, 0.25) is 15.9 Å². The molecule has 0 spiro atoms. The number of carbonyl (C=O) groups excluding carboxylic acids is 1. The lowest BCUT2D eigenvalue weighted by Crippen LogP contribution is -2.50. The Hall–Kier alpha value is -1.81. The van der Waals surface area contributed by atoms with Crippen LogP contribution in [0, 0.1) is 0 Å². The van der Waals surface area contributed by atoms with Gasteiger partial charge in [-0.25, -0.2) is 8.42 Å². The number of benzene rings is 1. The monoisotopic (exact) mass is 338 g/mol. The zero-order valence-electron chi connectivity index (χ0n) is 11.2. The molecule has 1 heterocycles. The molecule has 1 amide bonds. The number of nitrogens with one attached hydrogen (secondary N) is 2. The van der Waals surface area contributed by atoms with Crippen LogP contribution >= 0.6 is 0 Å². The fraction of sp³-hybridized carbons (Fsp3) is 0.417. The second-order valence-electron chi connectivity index (χ2n) is 4.63. The van der Waals surface area contributed by atoms with Gasteiger partial charge < -0.3 is 10.1 Å². The predicted molar refractivity (Wildman–Crippen MR) is 69.5 cm³/mol. The molecule has 0 saturated carbocycles. The van der Waals surface area contributed by atoms with Gasteiger partial charge in [0, 0.05) is 6.54 Å². The van der Waals surface area contributed by atoms with Crippen LogP contribution in [0.25, 0.3) is 0 Å². The minimum atomic E-state index is -4.85. The third-order valence-corrected chi connectivity index (χ3v) is 4.44. The summed E-state index contributed by atoms with van der Waals surface area (Å²) in [7, 11) is -4.00. The molecular weight excluding hydrogens is 325 g/mol. The largest absolute Gasteiger partial charge is 0.573 e. The molecule has 1 aromatic rings. The molecule has 22 heavy (non-hydrogen) atoms. The minimum Gasteiger partial charge on any atom is -0.406 e. The van der Waals surface area contributed by atoms with Gasteiger partial charge in [-0.2, -0.15) is 4.72 Å². The predicted octanol–water partition coefficient (Wildman–Crippen LogP) is 1.14. The summed E-state index contributed by atoms with van der Waals surface area (Å²) in [6, 6.07) is 2.85. The van der Waals surface area contributed by atoms with Crippen LogP contribution in [0.4, 0.5) is 13.2 Å². The van der Waals surface area contributed by atoms with E-state index in [0.29, 0.717) is 19.4 Å². The average molecular weight is 338 g/mol. The van der Waals surface area contributed by atoms with Gasteiger partial charge in [-0.15, -0.1) is 13.2 Å². The van der Waals surface area contributed by atoms with Gasteiger partial charge in [-0.1, -0.05) is 0 Å². The number of hydrogen-bond donors (Lipinski definition) is 2. The molecule has 1 unspecified atom stereocenters. The first kappa shape index (κ1) is 16.6. The highest BCUT2D eigenvalue weighted by Crippen LogP contribution is 2.24. The highest BCUT2D eigenvalue weighted by molar-refractivity contribution is 7.89. The Balaban J connectivity index is 2.10. The van der Waals surface area contributed by atoms with Crippen molar-refractivity contribution in [2.75, 3.05) is 6.54 Å². The van der Waals surface area contributed by atoms with E-state index in [9.17, 15) is 26.4 Å². The molecule has 1 aliphatic rings. The van der Waals surface area contributed by atoms with Gasteiger partial charge in [0.15, 0.2) is 0 Å². The molecule has 1 fully saturated rings. The number of ether oxygens (including phenoxy) is 1. The number of sulfonamides is 1. The SMILES string of the molecule is O=C1NCCCC1NS(=O)(=O)c1ccc(OC(F)(F)F)cc1. The second kappa shape index (κ2) is 6.13. The van der Waals surface area contributed by atoms with Gasteiger partial charge in [0.1, 0.15) is 11.8 Å². The van der Waals surface area contributed by atoms with Crippen LogP contribution in [0.15, 0.2) is 29.2 Å². The van der Waals surface area contributed by atoms with E-state index in [2.05, 4.69) is 14.8 Å². The Kier molecular flexibility index (Phi) is 4.61. The van der Waals surface area contributed by atoms with Crippen LogP contribution in [0.2, 0.25) is 0 Å². The van der Waals surface area contributed by atoms with Crippen LogP contribution < -0.4 is 14.8 Å². The number of carbonyl (C=O) groups is 1. The molecule has 122 valence electrons. The van der Waals surface area contributed by atoms with Crippen LogP contribution in [-0.2, 0) is 14.8 Å². The van der Waals surface area contributed by atoms with Crippen molar-refractivity contribution in [1.82, 2.24) is 10.0 Å². The van der Waals surface area contributed by atoms with Gasteiger partial charge >= 0.3 is 6.36 Å². The van der Waals surface area contributed by atoms with E-state index in [1.54, 1.807) is 0 Å². The van der Waals surface area contributed by atoms with E-state index in [1.807, 2.05) is 0 Å². The third kappa shape index (κ3) is 4.34. The summed E-state index contributed by atoms with van der Waals surface area (Å²) in [5.74, 6) is -0.950. The zero-order valence-corrected chi connectivity index (χ0v) is 12.0. The Labute approximate surface area is 124 Å². The fourth-order valence-corrected chi connectivity index (χ4v) is 3.19. The summed E-state index contributed by atoms with van der Waals surface area (Å²) in [6.45, 7) is 0.487. The van der Waals surface area contributed by atoms with Crippen molar-refractivity contribution in [3.63, 3.8) is 0 Å². The Morgan fingerprint density at radius 2 is 1.86 bits per heavy atom. The number of halogens is 3. The molecular formula is C12H13F3N2O4S. The number of hydrogen-bond acceptors (Lipinski definition) is 4. The Morgan fingerprint density at radius 1 is 1.23 bits per heavy atom. The van der Waals surface area contributed by atoms with Gasteiger partial charge in [-0.05, 0) is 37.1 Å². The second-order valence-corrected chi connectivity index (χ2v) is 6.34. The van der Waals surface area contributed by atoms with Crippen molar-refractivity contribution in [2.45, 2.75) is 30.1 Å². The van der Waals surface area contributed by atoms with Crippen molar-refractivity contribution < 1.29 is 31.1 Å². The molecule has 0 aromatic heterocycles. The van der Waals surface area contributed by atoms with Gasteiger partial charge in [0.05, 0.1) is 4.90 Å². The number of alkyl halides is 3. The van der Waals surface area contributed by atoms with Crippen LogP contribution in [0.3, 0.4) is 0 Å². The Morgan fingerprint density at radius 3 is 2.41 bits per heavy atom.